The van der Waals surface area contributed by atoms with Crippen molar-refractivity contribution in [2.45, 2.75) is 26.9 Å². The van der Waals surface area contributed by atoms with E-state index in [0.717, 1.165) is 28.2 Å². The predicted octanol–water partition coefficient (Wildman–Crippen LogP) is 4.75. The smallest absolute Gasteiger partial charge is 0.315 e. The van der Waals surface area contributed by atoms with Gasteiger partial charge in [-0.1, -0.05) is 41.9 Å². The largest absolute Gasteiger partial charge is 0.334 e. The van der Waals surface area contributed by atoms with Crippen LogP contribution in [0.4, 0.5) is 4.79 Å². The van der Waals surface area contributed by atoms with Gasteiger partial charge in [-0.25, -0.2) is 4.79 Å². The lowest BCUT2D eigenvalue weighted by atomic mass is 10.2. The molecule has 0 saturated heterocycles. The fourth-order valence-corrected chi connectivity index (χ4v) is 3.14. The molecule has 0 bridgehead atoms. The fourth-order valence-electron chi connectivity index (χ4n) is 3.01. The van der Waals surface area contributed by atoms with Crippen molar-refractivity contribution < 1.29 is 4.79 Å². The molecule has 3 rings (SSSR count). The Hall–Kier alpha value is -2.72. The average molecular weight is 368 g/mol. The van der Waals surface area contributed by atoms with Crippen LogP contribution in [0.25, 0.3) is 5.69 Å². The Labute approximate surface area is 158 Å². The van der Waals surface area contributed by atoms with Gasteiger partial charge in [0.05, 0.1) is 0 Å². The molecule has 1 aromatic heterocycles. The summed E-state index contributed by atoms with van der Waals surface area (Å²) in [5.41, 5.74) is 5.44. The number of benzene rings is 2. The first kappa shape index (κ1) is 18.1. The number of amides is 2. The number of rotatable bonds is 5. The van der Waals surface area contributed by atoms with E-state index in [1.165, 1.54) is 0 Å². The van der Waals surface area contributed by atoms with Gasteiger partial charge in [0.25, 0.3) is 0 Å². The zero-order valence-corrected chi connectivity index (χ0v) is 15.7. The zero-order valence-electron chi connectivity index (χ0n) is 14.9. The van der Waals surface area contributed by atoms with Crippen LogP contribution in [0.2, 0.25) is 5.02 Å². The second kappa shape index (κ2) is 8.11. The number of aromatic nitrogens is 1. The summed E-state index contributed by atoms with van der Waals surface area (Å²) < 4.78 is 2.16. The number of carbonyl (C=O) groups excluding carboxylic acids is 1. The predicted molar refractivity (Wildman–Crippen MR) is 106 cm³/mol. The zero-order chi connectivity index (χ0) is 18.5. The number of carbonyl (C=O) groups is 1. The Morgan fingerprint density at radius 2 is 1.62 bits per heavy atom. The Kier molecular flexibility index (Phi) is 5.64. The van der Waals surface area contributed by atoms with Gasteiger partial charge in [0.2, 0.25) is 0 Å². The first-order valence-electron chi connectivity index (χ1n) is 8.54. The molecule has 0 atom stereocenters. The van der Waals surface area contributed by atoms with Crippen LogP contribution < -0.4 is 10.6 Å². The van der Waals surface area contributed by atoms with E-state index in [-0.39, 0.29) is 6.03 Å². The van der Waals surface area contributed by atoms with Crippen LogP contribution in [0.1, 0.15) is 22.5 Å². The molecule has 0 radical (unpaired) electrons. The molecule has 2 amide bonds. The van der Waals surface area contributed by atoms with Gasteiger partial charge >= 0.3 is 6.03 Å². The quantitative estimate of drug-likeness (QED) is 0.671. The standard InChI is InChI=1S/C21H22ClN3O/c1-15-12-18(16(2)25(15)20-10-8-19(22)9-11-20)14-24-21(26)23-13-17-6-4-3-5-7-17/h3-12H,13-14H2,1-2H3,(H2,23,24,26). The highest BCUT2D eigenvalue weighted by molar-refractivity contribution is 6.30. The summed E-state index contributed by atoms with van der Waals surface area (Å²) in [6.07, 6.45) is 0. The molecule has 26 heavy (non-hydrogen) atoms. The molecule has 5 heteroatoms. The minimum atomic E-state index is -0.176. The van der Waals surface area contributed by atoms with Gasteiger partial charge in [-0.2, -0.15) is 0 Å². The van der Waals surface area contributed by atoms with E-state index in [2.05, 4.69) is 35.1 Å². The van der Waals surface area contributed by atoms with Crippen LogP contribution in [0.3, 0.4) is 0 Å². The van der Waals surface area contributed by atoms with Crippen LogP contribution in [-0.2, 0) is 13.1 Å². The molecule has 0 saturated carbocycles. The van der Waals surface area contributed by atoms with Crippen LogP contribution in [0.15, 0.2) is 60.7 Å². The van der Waals surface area contributed by atoms with Gasteiger partial charge in [-0.15, -0.1) is 0 Å². The van der Waals surface area contributed by atoms with Crippen molar-refractivity contribution in [3.05, 3.63) is 88.2 Å². The van der Waals surface area contributed by atoms with Crippen LogP contribution in [-0.4, -0.2) is 10.6 Å². The van der Waals surface area contributed by atoms with E-state index >= 15 is 0 Å². The van der Waals surface area contributed by atoms with Gasteiger partial charge in [0.1, 0.15) is 0 Å². The van der Waals surface area contributed by atoms with Crippen molar-refractivity contribution >= 4 is 17.6 Å². The van der Waals surface area contributed by atoms with Crippen molar-refractivity contribution in [1.82, 2.24) is 15.2 Å². The molecular formula is C21H22ClN3O. The minimum absolute atomic E-state index is 0.176. The maximum atomic E-state index is 12.1. The Morgan fingerprint density at radius 3 is 2.31 bits per heavy atom. The number of nitrogens with one attached hydrogen (secondary N) is 2. The van der Waals surface area contributed by atoms with E-state index in [9.17, 15) is 4.79 Å². The summed E-state index contributed by atoms with van der Waals surface area (Å²) in [7, 11) is 0. The molecule has 0 aliphatic rings. The van der Waals surface area contributed by atoms with E-state index in [0.29, 0.717) is 18.1 Å². The molecule has 0 fully saturated rings. The summed E-state index contributed by atoms with van der Waals surface area (Å²) in [4.78, 5) is 12.1. The third kappa shape index (κ3) is 4.27. The van der Waals surface area contributed by atoms with E-state index in [4.69, 9.17) is 11.6 Å². The number of halogens is 1. The van der Waals surface area contributed by atoms with Gasteiger partial charge < -0.3 is 15.2 Å². The van der Waals surface area contributed by atoms with E-state index in [1.807, 2.05) is 54.6 Å². The van der Waals surface area contributed by atoms with Gasteiger partial charge in [0.15, 0.2) is 0 Å². The Balaban J connectivity index is 1.62. The normalized spacial score (nSPS) is 10.6. The van der Waals surface area contributed by atoms with E-state index in [1.54, 1.807) is 0 Å². The molecule has 4 nitrogen and oxygen atoms in total. The topological polar surface area (TPSA) is 46.1 Å². The first-order valence-corrected chi connectivity index (χ1v) is 8.92. The average Bonchev–Trinajstić information content (AvgIpc) is 2.93. The number of nitrogens with zero attached hydrogens (tertiary/aromatic N) is 1. The molecule has 1 heterocycles. The SMILES string of the molecule is Cc1cc(CNC(=O)NCc2ccccc2)c(C)n1-c1ccc(Cl)cc1. The number of aryl methyl sites for hydroxylation is 1. The molecule has 0 aliphatic heterocycles. The molecular weight excluding hydrogens is 346 g/mol. The third-order valence-electron chi connectivity index (χ3n) is 4.36. The van der Waals surface area contributed by atoms with Crippen molar-refractivity contribution in [3.8, 4) is 5.69 Å². The molecule has 0 aliphatic carbocycles. The summed E-state index contributed by atoms with van der Waals surface area (Å²) in [6, 6.07) is 19.5. The van der Waals surface area contributed by atoms with Gasteiger partial charge in [-0.3, -0.25) is 0 Å². The second-order valence-corrected chi connectivity index (χ2v) is 6.67. The molecule has 0 spiro atoms. The number of hydrogen-bond donors (Lipinski definition) is 2. The summed E-state index contributed by atoms with van der Waals surface area (Å²) in [5, 5.41) is 6.52. The number of hydrogen-bond acceptors (Lipinski definition) is 1. The molecule has 0 unspecified atom stereocenters. The first-order chi connectivity index (χ1) is 12.5. The van der Waals surface area contributed by atoms with E-state index < -0.39 is 0 Å². The molecule has 3 aromatic rings. The summed E-state index contributed by atoms with van der Waals surface area (Å²) in [6.45, 7) is 5.10. The fraction of sp³-hybridized carbons (Fsp3) is 0.190. The van der Waals surface area contributed by atoms with Gasteiger partial charge in [0, 0.05) is 35.2 Å². The third-order valence-corrected chi connectivity index (χ3v) is 4.61. The van der Waals surface area contributed by atoms with Crippen molar-refractivity contribution in [2.24, 2.45) is 0 Å². The lowest BCUT2D eigenvalue weighted by Gasteiger charge is -2.11. The lowest BCUT2D eigenvalue weighted by molar-refractivity contribution is 0.240. The van der Waals surface area contributed by atoms with Crippen molar-refractivity contribution in [3.63, 3.8) is 0 Å². The Bertz CT molecular complexity index is 886. The molecule has 2 N–H and O–H groups in total. The van der Waals surface area contributed by atoms with Gasteiger partial charge in [-0.05, 0) is 55.3 Å². The van der Waals surface area contributed by atoms with Crippen LogP contribution >= 0.6 is 11.6 Å². The van der Waals surface area contributed by atoms with Crippen molar-refractivity contribution in [2.75, 3.05) is 0 Å². The van der Waals surface area contributed by atoms with Crippen LogP contribution in [0, 0.1) is 13.8 Å². The maximum Gasteiger partial charge on any atom is 0.315 e. The second-order valence-electron chi connectivity index (χ2n) is 6.23. The molecule has 2 aromatic carbocycles. The highest BCUT2D eigenvalue weighted by Crippen LogP contribution is 2.22. The maximum absolute atomic E-state index is 12.1. The number of urea groups is 1. The highest BCUT2D eigenvalue weighted by atomic mass is 35.5. The highest BCUT2D eigenvalue weighted by Gasteiger charge is 2.11. The van der Waals surface area contributed by atoms with Crippen LogP contribution in [0.5, 0.6) is 0 Å². The molecule has 134 valence electrons. The monoisotopic (exact) mass is 367 g/mol. The minimum Gasteiger partial charge on any atom is -0.334 e. The summed E-state index contributed by atoms with van der Waals surface area (Å²) in [5.74, 6) is 0. The lowest BCUT2D eigenvalue weighted by Crippen LogP contribution is -2.34. The van der Waals surface area contributed by atoms with Crippen molar-refractivity contribution in [1.29, 1.82) is 0 Å². The Morgan fingerprint density at radius 1 is 0.962 bits per heavy atom. The summed E-state index contributed by atoms with van der Waals surface area (Å²) >= 11 is 5.98.